The average molecular weight is 335 g/mol. The highest BCUT2D eigenvalue weighted by molar-refractivity contribution is 6.44. The van der Waals surface area contributed by atoms with Gasteiger partial charge in [-0.05, 0) is 13.8 Å². The van der Waals surface area contributed by atoms with Crippen LogP contribution >= 0.6 is 23.2 Å². The standard InChI is InChI=1S/C12H12Cl2N2O5/c1-6(2)15(5-10(17)18)12(19)8-3-7(16(20)21)4-9(13)11(8)14/h3-4,6H,5H2,1-2H3,(H,17,18). The van der Waals surface area contributed by atoms with Crippen LogP contribution in [0.4, 0.5) is 5.69 Å². The number of carboxylic acids is 1. The van der Waals surface area contributed by atoms with Gasteiger partial charge < -0.3 is 10.0 Å². The van der Waals surface area contributed by atoms with Gasteiger partial charge in [0.1, 0.15) is 6.54 Å². The van der Waals surface area contributed by atoms with Crippen LogP contribution in [0.1, 0.15) is 24.2 Å². The first-order valence-corrected chi connectivity index (χ1v) is 6.57. The zero-order valence-corrected chi connectivity index (χ0v) is 12.7. The van der Waals surface area contributed by atoms with E-state index in [2.05, 4.69) is 0 Å². The molecule has 0 unspecified atom stereocenters. The largest absolute Gasteiger partial charge is 0.480 e. The summed E-state index contributed by atoms with van der Waals surface area (Å²) < 4.78 is 0. The number of carbonyl (C=O) groups excluding carboxylic acids is 1. The molecule has 1 aromatic carbocycles. The van der Waals surface area contributed by atoms with E-state index < -0.39 is 35.1 Å². The zero-order chi connectivity index (χ0) is 16.3. The van der Waals surface area contributed by atoms with E-state index in [1.54, 1.807) is 13.8 Å². The molecule has 0 atom stereocenters. The Kier molecular flexibility index (Phi) is 5.51. The molecule has 1 N–H and O–H groups in total. The van der Waals surface area contributed by atoms with Crippen LogP contribution in [0.25, 0.3) is 0 Å². The first kappa shape index (κ1) is 17.2. The lowest BCUT2D eigenvalue weighted by molar-refractivity contribution is -0.384. The summed E-state index contributed by atoms with van der Waals surface area (Å²) in [6.45, 7) is 2.69. The number of hydrogen-bond donors (Lipinski definition) is 1. The maximum Gasteiger partial charge on any atom is 0.323 e. The molecule has 0 aliphatic rings. The molecule has 114 valence electrons. The van der Waals surface area contributed by atoms with Gasteiger partial charge in [0.25, 0.3) is 11.6 Å². The van der Waals surface area contributed by atoms with E-state index in [1.807, 2.05) is 0 Å². The number of carbonyl (C=O) groups is 2. The molecule has 1 aromatic rings. The van der Waals surface area contributed by atoms with Gasteiger partial charge in [0, 0.05) is 18.2 Å². The monoisotopic (exact) mass is 334 g/mol. The molecule has 0 bridgehead atoms. The Labute approximate surface area is 130 Å². The molecule has 0 spiro atoms. The van der Waals surface area contributed by atoms with Gasteiger partial charge in [-0.3, -0.25) is 19.7 Å². The van der Waals surface area contributed by atoms with Crippen molar-refractivity contribution < 1.29 is 19.6 Å². The summed E-state index contributed by atoms with van der Waals surface area (Å²) in [6, 6.07) is 1.58. The molecule has 1 amide bonds. The van der Waals surface area contributed by atoms with Gasteiger partial charge in [-0.1, -0.05) is 23.2 Å². The second-order valence-electron chi connectivity index (χ2n) is 4.47. The topological polar surface area (TPSA) is 101 Å². The molecule has 21 heavy (non-hydrogen) atoms. The van der Waals surface area contributed by atoms with Crippen molar-refractivity contribution >= 4 is 40.8 Å². The van der Waals surface area contributed by atoms with Gasteiger partial charge in [-0.2, -0.15) is 0 Å². The fraction of sp³-hybridized carbons (Fsp3) is 0.333. The summed E-state index contributed by atoms with van der Waals surface area (Å²) in [5.74, 6) is -1.94. The van der Waals surface area contributed by atoms with Crippen molar-refractivity contribution in [3.8, 4) is 0 Å². The van der Waals surface area contributed by atoms with E-state index in [0.29, 0.717) is 0 Å². The predicted octanol–water partition coefficient (Wildman–Crippen LogP) is 2.84. The number of rotatable bonds is 5. The summed E-state index contributed by atoms with van der Waals surface area (Å²) in [4.78, 5) is 34.3. The number of aliphatic carboxylic acids is 1. The Bertz CT molecular complexity index is 604. The second-order valence-corrected chi connectivity index (χ2v) is 5.25. The zero-order valence-electron chi connectivity index (χ0n) is 11.2. The van der Waals surface area contributed by atoms with Gasteiger partial charge in [0.05, 0.1) is 20.5 Å². The molecule has 0 saturated heterocycles. The van der Waals surface area contributed by atoms with Gasteiger partial charge in [0.2, 0.25) is 0 Å². The molecule has 7 nitrogen and oxygen atoms in total. The van der Waals surface area contributed by atoms with E-state index >= 15 is 0 Å². The normalized spacial score (nSPS) is 10.5. The second kappa shape index (κ2) is 6.73. The number of non-ortho nitro benzene ring substituents is 1. The lowest BCUT2D eigenvalue weighted by atomic mass is 10.1. The Morgan fingerprint density at radius 3 is 2.38 bits per heavy atom. The van der Waals surface area contributed by atoms with Crippen LogP contribution in [0.5, 0.6) is 0 Å². The number of nitro benzene ring substituents is 1. The molecular weight excluding hydrogens is 323 g/mol. The van der Waals surface area contributed by atoms with Crippen LogP contribution in [0.3, 0.4) is 0 Å². The molecule has 0 saturated carbocycles. The minimum atomic E-state index is -1.20. The Hall–Kier alpha value is -1.86. The van der Waals surface area contributed by atoms with Gasteiger partial charge in [-0.25, -0.2) is 0 Å². The van der Waals surface area contributed by atoms with Crippen molar-refractivity contribution in [2.75, 3.05) is 6.54 Å². The van der Waals surface area contributed by atoms with E-state index in [1.165, 1.54) is 0 Å². The molecule has 9 heteroatoms. The van der Waals surface area contributed by atoms with E-state index in [4.69, 9.17) is 28.3 Å². The maximum absolute atomic E-state index is 12.4. The smallest absolute Gasteiger partial charge is 0.323 e. The van der Waals surface area contributed by atoms with Gasteiger partial charge >= 0.3 is 5.97 Å². The highest BCUT2D eigenvalue weighted by Crippen LogP contribution is 2.31. The molecule has 1 rings (SSSR count). The van der Waals surface area contributed by atoms with E-state index in [-0.39, 0.29) is 15.6 Å². The van der Waals surface area contributed by atoms with E-state index in [0.717, 1.165) is 17.0 Å². The minimum absolute atomic E-state index is 0.145. The van der Waals surface area contributed by atoms with Gasteiger partial charge in [-0.15, -0.1) is 0 Å². The Morgan fingerprint density at radius 2 is 1.95 bits per heavy atom. The predicted molar refractivity (Wildman–Crippen MR) is 76.9 cm³/mol. The first-order valence-electron chi connectivity index (χ1n) is 5.81. The fourth-order valence-corrected chi connectivity index (χ4v) is 2.03. The highest BCUT2D eigenvalue weighted by atomic mass is 35.5. The summed E-state index contributed by atoms with van der Waals surface area (Å²) in [5.41, 5.74) is -0.599. The van der Waals surface area contributed by atoms with Crippen molar-refractivity contribution in [1.29, 1.82) is 0 Å². The van der Waals surface area contributed by atoms with Crippen molar-refractivity contribution in [3.05, 3.63) is 37.9 Å². The Balaban J connectivity index is 3.33. The van der Waals surface area contributed by atoms with Crippen LogP contribution < -0.4 is 0 Å². The maximum atomic E-state index is 12.4. The molecule has 0 fully saturated rings. The number of halogens is 2. The average Bonchev–Trinajstić information content (AvgIpc) is 2.37. The molecule has 0 aromatic heterocycles. The lowest BCUT2D eigenvalue weighted by Gasteiger charge is -2.25. The van der Waals surface area contributed by atoms with E-state index in [9.17, 15) is 19.7 Å². The van der Waals surface area contributed by atoms with Crippen LogP contribution in [0.2, 0.25) is 10.0 Å². The lowest BCUT2D eigenvalue weighted by Crippen LogP contribution is -2.40. The SMILES string of the molecule is CC(C)N(CC(=O)O)C(=O)c1cc([N+](=O)[O-])cc(Cl)c1Cl. The third-order valence-corrected chi connectivity index (χ3v) is 3.45. The van der Waals surface area contributed by atoms with Crippen molar-refractivity contribution in [3.63, 3.8) is 0 Å². The molecule has 0 aliphatic carbocycles. The molecule has 0 heterocycles. The quantitative estimate of drug-likeness (QED) is 0.659. The van der Waals surface area contributed by atoms with Crippen LogP contribution in [-0.2, 0) is 4.79 Å². The summed E-state index contributed by atoms with van der Waals surface area (Å²) in [5, 5.41) is 19.3. The number of hydrogen-bond acceptors (Lipinski definition) is 4. The summed E-state index contributed by atoms with van der Waals surface area (Å²) >= 11 is 11.7. The summed E-state index contributed by atoms with van der Waals surface area (Å²) in [6.07, 6.45) is 0. The molecular formula is C12H12Cl2N2O5. The van der Waals surface area contributed by atoms with Gasteiger partial charge in [0.15, 0.2) is 0 Å². The Morgan fingerprint density at radius 1 is 1.38 bits per heavy atom. The van der Waals surface area contributed by atoms with Crippen LogP contribution in [-0.4, -0.2) is 39.4 Å². The third kappa shape index (κ3) is 4.05. The number of benzene rings is 1. The highest BCUT2D eigenvalue weighted by Gasteiger charge is 2.26. The minimum Gasteiger partial charge on any atom is -0.480 e. The number of nitrogens with zero attached hydrogens (tertiary/aromatic N) is 2. The number of carboxylic acid groups (broad SMARTS) is 1. The number of amides is 1. The third-order valence-electron chi connectivity index (χ3n) is 2.64. The van der Waals surface area contributed by atoms with Crippen LogP contribution in [0, 0.1) is 10.1 Å². The van der Waals surface area contributed by atoms with Crippen molar-refractivity contribution in [1.82, 2.24) is 4.90 Å². The molecule has 0 aliphatic heterocycles. The fourth-order valence-electron chi connectivity index (χ4n) is 1.63. The molecule has 0 radical (unpaired) electrons. The van der Waals surface area contributed by atoms with Crippen molar-refractivity contribution in [2.45, 2.75) is 19.9 Å². The van der Waals surface area contributed by atoms with Crippen LogP contribution in [0.15, 0.2) is 12.1 Å². The number of nitro groups is 1. The first-order chi connectivity index (χ1) is 9.65. The van der Waals surface area contributed by atoms with Crippen molar-refractivity contribution in [2.24, 2.45) is 0 Å². The summed E-state index contributed by atoms with van der Waals surface area (Å²) in [7, 11) is 0.